The van der Waals surface area contributed by atoms with Crippen LogP contribution in [0.25, 0.3) is 0 Å². The largest absolute Gasteiger partial charge is 0.508 e. The van der Waals surface area contributed by atoms with Crippen molar-refractivity contribution >= 4 is 17.4 Å². The molecular formula is C30H34N2O4. The SMILES string of the molecule is CC1=C(C(=O)OC2CCCC2)C(c2cccc(O)c2)C2=C(CC(c3ccc(N(C)C)cc3)CC2=O)N1. The van der Waals surface area contributed by atoms with E-state index >= 15 is 0 Å². The number of hydrogen-bond donors (Lipinski definition) is 2. The van der Waals surface area contributed by atoms with Gasteiger partial charge in [0, 0.05) is 49.1 Å². The molecule has 0 aromatic heterocycles. The molecule has 0 amide bonds. The van der Waals surface area contributed by atoms with Crippen LogP contribution in [-0.2, 0) is 14.3 Å². The van der Waals surface area contributed by atoms with Crippen LogP contribution in [0.3, 0.4) is 0 Å². The van der Waals surface area contributed by atoms with Crippen LogP contribution in [0.4, 0.5) is 5.69 Å². The van der Waals surface area contributed by atoms with Gasteiger partial charge in [-0.1, -0.05) is 24.3 Å². The Labute approximate surface area is 212 Å². The number of carbonyl (C=O) groups is 2. The second-order valence-corrected chi connectivity index (χ2v) is 10.4. The molecule has 2 aliphatic carbocycles. The second-order valence-electron chi connectivity index (χ2n) is 10.4. The number of Topliss-reactive ketones (excluding diaryl/α,β-unsaturated/α-hetero) is 1. The van der Waals surface area contributed by atoms with E-state index < -0.39 is 5.92 Å². The number of ether oxygens (including phenoxy) is 1. The van der Waals surface area contributed by atoms with E-state index in [1.807, 2.05) is 27.1 Å². The monoisotopic (exact) mass is 486 g/mol. The van der Waals surface area contributed by atoms with Gasteiger partial charge in [0.25, 0.3) is 0 Å². The van der Waals surface area contributed by atoms with Gasteiger partial charge in [0.1, 0.15) is 11.9 Å². The first kappa shape index (κ1) is 24.2. The lowest BCUT2D eigenvalue weighted by Crippen LogP contribution is -2.36. The number of aromatic hydroxyl groups is 1. The van der Waals surface area contributed by atoms with E-state index in [1.54, 1.807) is 18.2 Å². The standard InChI is InChI=1S/C30H34N2O4/c1-18-27(30(35)36-24-9-4-5-10-24)28(20-7-6-8-23(33)15-20)29-25(31-18)16-21(17-26(29)34)19-11-13-22(14-12-19)32(2)3/h6-8,11-15,21,24,28,31,33H,4-5,9-10,16-17H2,1-3H3. The van der Waals surface area contributed by atoms with E-state index in [0.29, 0.717) is 29.7 Å². The lowest BCUT2D eigenvalue weighted by atomic mass is 9.71. The number of nitrogens with zero attached hydrogens (tertiary/aromatic N) is 1. The molecule has 0 saturated heterocycles. The molecule has 1 fully saturated rings. The van der Waals surface area contributed by atoms with Crippen molar-refractivity contribution in [2.75, 3.05) is 19.0 Å². The molecule has 6 nitrogen and oxygen atoms in total. The number of esters is 1. The molecule has 0 radical (unpaired) electrons. The zero-order valence-corrected chi connectivity index (χ0v) is 21.2. The summed E-state index contributed by atoms with van der Waals surface area (Å²) in [6.45, 7) is 1.88. The van der Waals surface area contributed by atoms with E-state index in [4.69, 9.17) is 4.74 Å². The lowest BCUT2D eigenvalue weighted by molar-refractivity contribution is -0.144. The van der Waals surface area contributed by atoms with Crippen LogP contribution in [-0.4, -0.2) is 37.1 Å². The maximum Gasteiger partial charge on any atom is 0.337 e. The van der Waals surface area contributed by atoms with Crippen LogP contribution in [0.15, 0.2) is 71.1 Å². The highest BCUT2D eigenvalue weighted by Crippen LogP contribution is 2.46. The first-order valence-corrected chi connectivity index (χ1v) is 12.8. The van der Waals surface area contributed by atoms with Gasteiger partial charge in [-0.25, -0.2) is 4.79 Å². The normalized spacial score (nSPS) is 22.4. The number of rotatable bonds is 5. The molecule has 1 aliphatic heterocycles. The Morgan fingerprint density at radius 2 is 1.75 bits per heavy atom. The summed E-state index contributed by atoms with van der Waals surface area (Å²) in [5, 5.41) is 13.6. The molecule has 0 spiro atoms. The Bertz CT molecular complexity index is 1240. The Morgan fingerprint density at radius 1 is 1.03 bits per heavy atom. The summed E-state index contributed by atoms with van der Waals surface area (Å²) in [6.07, 6.45) is 4.87. The van der Waals surface area contributed by atoms with Gasteiger partial charge in [-0.2, -0.15) is 0 Å². The van der Waals surface area contributed by atoms with Crippen LogP contribution < -0.4 is 10.2 Å². The molecule has 2 unspecified atom stereocenters. The number of phenols is 1. The number of dihydropyridines is 1. The van der Waals surface area contributed by atoms with E-state index in [-0.39, 0.29) is 29.5 Å². The molecular weight excluding hydrogens is 452 g/mol. The summed E-state index contributed by atoms with van der Waals surface area (Å²) >= 11 is 0. The van der Waals surface area contributed by atoms with Gasteiger partial charge < -0.3 is 20.1 Å². The summed E-state index contributed by atoms with van der Waals surface area (Å²) in [6, 6.07) is 15.2. The minimum Gasteiger partial charge on any atom is -0.508 e. The van der Waals surface area contributed by atoms with Crippen molar-refractivity contribution in [3.05, 3.63) is 82.2 Å². The third kappa shape index (κ3) is 4.64. The van der Waals surface area contributed by atoms with Gasteiger partial charge in [-0.15, -0.1) is 0 Å². The van der Waals surface area contributed by atoms with Crippen LogP contribution in [0, 0.1) is 0 Å². The summed E-state index contributed by atoms with van der Waals surface area (Å²) in [7, 11) is 4.02. The smallest absolute Gasteiger partial charge is 0.337 e. The zero-order chi connectivity index (χ0) is 25.4. The number of anilines is 1. The Kier molecular flexibility index (Phi) is 6.61. The Hall–Kier alpha value is -3.54. The van der Waals surface area contributed by atoms with Crippen molar-refractivity contribution < 1.29 is 19.4 Å². The fourth-order valence-corrected chi connectivity index (χ4v) is 5.85. The van der Waals surface area contributed by atoms with Crippen LogP contribution >= 0.6 is 0 Å². The fraction of sp³-hybridized carbons (Fsp3) is 0.400. The number of ketones is 1. The maximum atomic E-state index is 13.7. The van der Waals surface area contributed by atoms with Crippen LogP contribution in [0.5, 0.6) is 5.75 Å². The highest BCUT2D eigenvalue weighted by molar-refractivity contribution is 6.04. The Balaban J connectivity index is 1.51. The molecule has 36 heavy (non-hydrogen) atoms. The zero-order valence-electron chi connectivity index (χ0n) is 21.2. The average Bonchev–Trinajstić information content (AvgIpc) is 3.36. The molecule has 1 heterocycles. The third-order valence-corrected chi connectivity index (χ3v) is 7.71. The molecule has 2 aromatic carbocycles. The predicted octanol–water partition coefficient (Wildman–Crippen LogP) is 5.31. The molecule has 2 atom stereocenters. The molecule has 3 aliphatic rings. The molecule has 6 heteroatoms. The maximum absolute atomic E-state index is 13.7. The van der Waals surface area contributed by atoms with Crippen LogP contribution in [0.1, 0.15) is 68.4 Å². The van der Waals surface area contributed by atoms with Crippen molar-refractivity contribution in [3.63, 3.8) is 0 Å². The first-order chi connectivity index (χ1) is 17.3. The molecule has 2 aromatic rings. The highest BCUT2D eigenvalue weighted by atomic mass is 16.5. The topological polar surface area (TPSA) is 78.9 Å². The van der Waals surface area contributed by atoms with Gasteiger partial charge in [0.15, 0.2) is 5.78 Å². The summed E-state index contributed by atoms with van der Waals surface area (Å²) in [4.78, 5) is 29.3. The number of carbonyl (C=O) groups excluding carboxylic acids is 2. The van der Waals surface area contributed by atoms with E-state index in [0.717, 1.165) is 48.2 Å². The van der Waals surface area contributed by atoms with Crippen LogP contribution in [0.2, 0.25) is 0 Å². The second kappa shape index (κ2) is 9.84. The molecule has 0 bridgehead atoms. The van der Waals surface area contributed by atoms with Gasteiger partial charge in [-0.3, -0.25) is 4.79 Å². The molecule has 5 rings (SSSR count). The van der Waals surface area contributed by atoms with Crippen molar-refractivity contribution in [3.8, 4) is 5.75 Å². The summed E-state index contributed by atoms with van der Waals surface area (Å²) in [5.41, 5.74) is 5.62. The first-order valence-electron chi connectivity index (χ1n) is 12.8. The van der Waals surface area contributed by atoms with Gasteiger partial charge in [0.2, 0.25) is 0 Å². The molecule has 2 N–H and O–H groups in total. The minimum absolute atomic E-state index is 0.0254. The minimum atomic E-state index is -0.563. The molecule has 188 valence electrons. The number of hydrogen-bond acceptors (Lipinski definition) is 6. The Morgan fingerprint density at radius 3 is 2.42 bits per heavy atom. The van der Waals surface area contributed by atoms with E-state index in [9.17, 15) is 14.7 Å². The number of allylic oxidation sites excluding steroid dienone is 3. The van der Waals surface area contributed by atoms with Gasteiger partial charge in [-0.05, 0) is 80.3 Å². The number of phenolic OH excluding ortho intramolecular Hbond substituents is 1. The quantitative estimate of drug-likeness (QED) is 0.558. The lowest BCUT2D eigenvalue weighted by Gasteiger charge is -2.37. The molecule has 1 saturated carbocycles. The van der Waals surface area contributed by atoms with E-state index in [1.165, 1.54) is 0 Å². The van der Waals surface area contributed by atoms with Gasteiger partial charge >= 0.3 is 5.97 Å². The van der Waals surface area contributed by atoms with Crippen molar-refractivity contribution in [1.29, 1.82) is 0 Å². The van der Waals surface area contributed by atoms with Crippen molar-refractivity contribution in [2.45, 2.75) is 63.4 Å². The predicted molar refractivity (Wildman–Crippen MR) is 140 cm³/mol. The summed E-state index contributed by atoms with van der Waals surface area (Å²) < 4.78 is 5.90. The highest BCUT2D eigenvalue weighted by Gasteiger charge is 2.42. The van der Waals surface area contributed by atoms with Crippen molar-refractivity contribution in [1.82, 2.24) is 5.32 Å². The van der Waals surface area contributed by atoms with Gasteiger partial charge in [0.05, 0.1) is 5.57 Å². The van der Waals surface area contributed by atoms with E-state index in [2.05, 4.69) is 34.5 Å². The summed E-state index contributed by atoms with van der Waals surface area (Å²) in [5.74, 6) is -0.744. The number of nitrogens with one attached hydrogen (secondary N) is 1. The third-order valence-electron chi connectivity index (χ3n) is 7.71. The average molecular weight is 487 g/mol. The fourth-order valence-electron chi connectivity index (χ4n) is 5.85. The van der Waals surface area contributed by atoms with Crippen molar-refractivity contribution in [2.24, 2.45) is 0 Å². The number of benzene rings is 2.